The minimum Gasteiger partial charge on any atom is -0.317 e. The zero-order valence-electron chi connectivity index (χ0n) is 13.1. The van der Waals surface area contributed by atoms with E-state index in [4.69, 9.17) is 0 Å². The van der Waals surface area contributed by atoms with E-state index in [1.807, 2.05) is 0 Å². The van der Waals surface area contributed by atoms with Gasteiger partial charge in [0, 0.05) is 5.56 Å². The summed E-state index contributed by atoms with van der Waals surface area (Å²) in [6.07, 6.45) is -5.75. The van der Waals surface area contributed by atoms with Crippen molar-refractivity contribution < 1.29 is 44.7 Å². The van der Waals surface area contributed by atoms with Crippen molar-refractivity contribution in [2.45, 2.75) is 13.1 Å². The van der Waals surface area contributed by atoms with Crippen molar-refractivity contribution in [3.05, 3.63) is 64.0 Å². The first kappa shape index (κ1) is 20.3. The Kier molecular flexibility index (Phi) is 5.25. The van der Waals surface area contributed by atoms with Gasteiger partial charge < -0.3 is 5.32 Å². The highest BCUT2D eigenvalue weighted by atomic mass is 19.4. The number of nitrogens with one attached hydrogen (secondary N) is 1. The molecular weight excluding hydrogens is 390 g/mol. The third kappa shape index (κ3) is 3.76. The molecule has 0 atom stereocenters. The van der Waals surface area contributed by atoms with Crippen molar-refractivity contribution >= 4 is 17.4 Å². The van der Waals surface area contributed by atoms with Gasteiger partial charge in [0.2, 0.25) is 0 Å². The summed E-state index contributed by atoms with van der Waals surface area (Å²) in [5.74, 6) is -14.1. The number of amides is 1. The fourth-order valence-corrected chi connectivity index (χ4v) is 2.09. The van der Waals surface area contributed by atoms with Gasteiger partial charge in [-0.25, -0.2) is 22.0 Å². The highest BCUT2D eigenvalue weighted by molar-refractivity contribution is 6.06. The van der Waals surface area contributed by atoms with Crippen LogP contribution < -0.4 is 5.32 Å². The van der Waals surface area contributed by atoms with Crippen LogP contribution in [-0.2, 0) is 6.18 Å². The lowest BCUT2D eigenvalue weighted by atomic mass is 10.1. The second kappa shape index (κ2) is 6.97. The predicted molar refractivity (Wildman–Crippen MR) is 75.6 cm³/mol. The first-order chi connectivity index (χ1) is 12.4. The third-order valence-corrected chi connectivity index (χ3v) is 3.40. The minimum absolute atomic E-state index is 0.174. The van der Waals surface area contributed by atoms with Gasteiger partial charge in [0.25, 0.3) is 5.91 Å². The Morgan fingerprint density at radius 3 is 1.85 bits per heavy atom. The van der Waals surface area contributed by atoms with Gasteiger partial charge in [0.15, 0.2) is 29.1 Å². The molecule has 1 N–H and O–H groups in total. The van der Waals surface area contributed by atoms with Crippen LogP contribution in [0.25, 0.3) is 0 Å². The molecule has 2 aromatic rings. The molecular formula is C16H7F8NO2. The Bertz CT molecular complexity index is 923. The van der Waals surface area contributed by atoms with Crippen molar-refractivity contribution in [2.24, 2.45) is 0 Å². The van der Waals surface area contributed by atoms with Crippen LogP contribution >= 0.6 is 0 Å². The number of rotatable bonds is 3. The molecule has 0 spiro atoms. The average Bonchev–Trinajstić information content (AvgIpc) is 2.55. The number of hydrogen-bond donors (Lipinski definition) is 1. The molecule has 3 nitrogen and oxygen atoms in total. The lowest BCUT2D eigenvalue weighted by Gasteiger charge is -2.15. The van der Waals surface area contributed by atoms with Gasteiger partial charge in [0.05, 0.1) is 5.56 Å². The number of carbonyl (C=O) groups is 2. The number of Topliss-reactive ketones (excluding diaryl/α,β-unsaturated/α-hetero) is 1. The number of carbonyl (C=O) groups excluding carboxylic acids is 2. The van der Waals surface area contributed by atoms with Gasteiger partial charge in [-0.2, -0.15) is 13.2 Å². The van der Waals surface area contributed by atoms with E-state index in [2.05, 4.69) is 0 Å². The van der Waals surface area contributed by atoms with Gasteiger partial charge in [-0.05, 0) is 25.1 Å². The molecule has 0 fully saturated rings. The maximum Gasteiger partial charge on any atom is 0.422 e. The van der Waals surface area contributed by atoms with Crippen molar-refractivity contribution in [1.82, 2.24) is 0 Å². The molecule has 11 heteroatoms. The Morgan fingerprint density at radius 1 is 0.889 bits per heavy atom. The molecule has 0 aliphatic carbocycles. The molecule has 0 heterocycles. The number of hydrogen-bond acceptors (Lipinski definition) is 2. The van der Waals surface area contributed by atoms with Crippen molar-refractivity contribution in [3.8, 4) is 0 Å². The van der Waals surface area contributed by atoms with Crippen molar-refractivity contribution in [2.75, 3.05) is 5.32 Å². The molecule has 1 amide bonds. The highest BCUT2D eigenvalue weighted by Gasteiger charge is 2.42. The molecule has 0 radical (unpaired) electrons. The molecule has 0 aliphatic heterocycles. The zero-order valence-corrected chi connectivity index (χ0v) is 13.1. The fourth-order valence-electron chi connectivity index (χ4n) is 2.09. The van der Waals surface area contributed by atoms with E-state index in [0.717, 1.165) is 13.0 Å². The largest absolute Gasteiger partial charge is 0.422 e. The standard InChI is InChI=1S/C16H7F8NO2/c1-5(26)6-2-3-8(17)7(4-6)15(27)25-14-12(20)10(18)9(16(22,23)24)11(19)13(14)21/h2-4H,1H3,(H,25,27). The molecule has 0 saturated heterocycles. The zero-order chi connectivity index (χ0) is 20.7. The Morgan fingerprint density at radius 2 is 1.41 bits per heavy atom. The summed E-state index contributed by atoms with van der Waals surface area (Å²) in [6.45, 7) is 1.06. The molecule has 0 aliphatic rings. The second-order valence-electron chi connectivity index (χ2n) is 5.21. The number of alkyl halides is 3. The van der Waals surface area contributed by atoms with Gasteiger partial charge >= 0.3 is 6.18 Å². The van der Waals surface area contributed by atoms with E-state index >= 15 is 0 Å². The van der Waals surface area contributed by atoms with E-state index in [1.165, 1.54) is 5.32 Å². The van der Waals surface area contributed by atoms with Crippen LogP contribution in [-0.4, -0.2) is 11.7 Å². The fraction of sp³-hybridized carbons (Fsp3) is 0.125. The molecule has 0 unspecified atom stereocenters. The van der Waals surface area contributed by atoms with E-state index in [-0.39, 0.29) is 5.56 Å². The quantitative estimate of drug-likeness (QED) is 0.457. The van der Waals surface area contributed by atoms with Gasteiger partial charge in [-0.3, -0.25) is 9.59 Å². The summed E-state index contributed by atoms with van der Waals surface area (Å²) >= 11 is 0. The van der Waals surface area contributed by atoms with Gasteiger partial charge in [0.1, 0.15) is 17.1 Å². The van der Waals surface area contributed by atoms with Gasteiger partial charge in [-0.1, -0.05) is 0 Å². The van der Waals surface area contributed by atoms with Crippen LogP contribution in [0.15, 0.2) is 18.2 Å². The number of halogens is 8. The van der Waals surface area contributed by atoms with Crippen LogP contribution in [0.4, 0.5) is 40.8 Å². The first-order valence-corrected chi connectivity index (χ1v) is 6.91. The summed E-state index contributed by atoms with van der Waals surface area (Å²) in [5.41, 5.74) is -5.80. The van der Waals surface area contributed by atoms with Crippen LogP contribution in [0.5, 0.6) is 0 Å². The molecule has 27 heavy (non-hydrogen) atoms. The van der Waals surface area contributed by atoms with Crippen LogP contribution in [0.1, 0.15) is 33.2 Å². The Labute approximate surface area is 145 Å². The maximum atomic E-state index is 13.8. The molecule has 0 bridgehead atoms. The third-order valence-electron chi connectivity index (χ3n) is 3.40. The predicted octanol–water partition coefficient (Wildman–Crippen LogP) is 4.86. The molecule has 0 aromatic heterocycles. The van der Waals surface area contributed by atoms with Crippen LogP contribution in [0.3, 0.4) is 0 Å². The van der Waals surface area contributed by atoms with E-state index < -0.39 is 63.8 Å². The lowest BCUT2D eigenvalue weighted by Crippen LogP contribution is -2.21. The van der Waals surface area contributed by atoms with Crippen molar-refractivity contribution in [1.29, 1.82) is 0 Å². The number of ketones is 1. The van der Waals surface area contributed by atoms with Crippen molar-refractivity contribution in [3.63, 3.8) is 0 Å². The smallest absolute Gasteiger partial charge is 0.317 e. The molecule has 144 valence electrons. The summed E-state index contributed by atoms with van der Waals surface area (Å²) in [4.78, 5) is 23.2. The first-order valence-electron chi connectivity index (χ1n) is 6.91. The van der Waals surface area contributed by atoms with E-state index in [9.17, 15) is 44.7 Å². The van der Waals surface area contributed by atoms with Crippen LogP contribution in [0, 0.1) is 29.1 Å². The maximum absolute atomic E-state index is 13.8. The summed E-state index contributed by atoms with van der Waals surface area (Å²) in [6, 6.07) is 2.36. The minimum atomic E-state index is -5.75. The molecule has 2 rings (SSSR count). The second-order valence-corrected chi connectivity index (χ2v) is 5.21. The summed E-state index contributed by atoms with van der Waals surface area (Å²) < 4.78 is 106. The molecule has 0 saturated carbocycles. The van der Waals surface area contributed by atoms with E-state index in [1.54, 1.807) is 0 Å². The lowest BCUT2D eigenvalue weighted by molar-refractivity contribution is -0.143. The Hall–Kier alpha value is -2.98. The monoisotopic (exact) mass is 397 g/mol. The topological polar surface area (TPSA) is 46.2 Å². The summed E-state index contributed by atoms with van der Waals surface area (Å²) in [5, 5.41) is 1.27. The van der Waals surface area contributed by atoms with Crippen LogP contribution in [0.2, 0.25) is 0 Å². The van der Waals surface area contributed by atoms with Gasteiger partial charge in [-0.15, -0.1) is 0 Å². The molecule has 2 aromatic carbocycles. The highest BCUT2D eigenvalue weighted by Crippen LogP contribution is 2.38. The Balaban J connectivity index is 2.55. The summed E-state index contributed by atoms with van der Waals surface area (Å²) in [7, 11) is 0. The normalized spacial score (nSPS) is 11.4. The number of benzene rings is 2. The van der Waals surface area contributed by atoms with E-state index in [0.29, 0.717) is 12.1 Å². The number of anilines is 1. The average molecular weight is 397 g/mol. The SMILES string of the molecule is CC(=O)c1ccc(F)c(C(=O)Nc2c(F)c(F)c(C(F)(F)F)c(F)c2F)c1.